The number of carbonyl (C=O) groups is 1. The van der Waals surface area contributed by atoms with Crippen molar-refractivity contribution in [1.82, 2.24) is 14.5 Å². The number of aromatic nitrogens is 3. The first-order valence-electron chi connectivity index (χ1n) is 12.4. The lowest BCUT2D eigenvalue weighted by Gasteiger charge is -2.25. The maximum absolute atomic E-state index is 12.5. The third-order valence-corrected chi connectivity index (χ3v) is 7.20. The number of hydrogen-bond donors (Lipinski definition) is 1. The van der Waals surface area contributed by atoms with Gasteiger partial charge in [0.05, 0.1) is 10.9 Å². The van der Waals surface area contributed by atoms with Crippen LogP contribution in [-0.2, 0) is 18.9 Å². The van der Waals surface area contributed by atoms with Crippen molar-refractivity contribution in [1.29, 1.82) is 0 Å². The summed E-state index contributed by atoms with van der Waals surface area (Å²) in [6.45, 7) is 3.77. The molecule has 2 saturated heterocycles. The number of halogens is 1. The topological polar surface area (TPSA) is 96.7 Å². The Balaban J connectivity index is 1.27. The Morgan fingerprint density at radius 3 is 2.67 bits per heavy atom. The number of rotatable bonds is 6. The molecule has 1 aromatic carbocycles. The number of nitrogens with zero attached hydrogens (tertiary/aromatic N) is 3. The van der Waals surface area contributed by atoms with Crippen molar-refractivity contribution in [2.45, 2.75) is 75.9 Å². The number of fused-ring (bicyclic) bond motifs is 2. The summed E-state index contributed by atoms with van der Waals surface area (Å²) in [4.78, 5) is 21.5. The van der Waals surface area contributed by atoms with Gasteiger partial charge in [0, 0.05) is 12.2 Å². The second-order valence-corrected chi connectivity index (χ2v) is 10.4. The summed E-state index contributed by atoms with van der Waals surface area (Å²) < 4.78 is 26.3. The molecule has 0 bridgehead atoms. The molecule has 190 valence electrons. The minimum atomic E-state index is -0.802. The molecule has 0 spiro atoms. The normalized spacial score (nSPS) is 27.4. The fourth-order valence-corrected chi connectivity index (χ4v) is 5.58. The standard InChI is InChI=1S/C26H29ClN4O5/c1-26(2)35-19-18(14-33-24(32)15-8-4-3-5-9-15)34-23(20(19)36-26)31-13-12-17-21(28-16-10-6-7-11-16)29-25(27)30-22(17)31/h3-5,8-9,12-13,16,18-20,23H,6-7,10-11,14H2,1-2H3,(H,28,29,30)/t18-,19-,20-,23-/m1/s1. The Kier molecular flexibility index (Phi) is 6.11. The number of esters is 1. The SMILES string of the molecule is CC1(C)O[C@@H]2[C@H](O1)[C@@H](COC(=O)c1ccccc1)O[C@H]2n1ccc2c(NC3CCCC3)nc(Cl)nc21. The largest absolute Gasteiger partial charge is 0.459 e. The van der Waals surface area contributed by atoms with Crippen molar-refractivity contribution in [3.05, 3.63) is 53.4 Å². The number of anilines is 1. The molecule has 0 radical (unpaired) electrons. The van der Waals surface area contributed by atoms with Crippen LogP contribution in [0.3, 0.4) is 0 Å². The molecular weight excluding hydrogens is 484 g/mol. The van der Waals surface area contributed by atoms with E-state index in [2.05, 4.69) is 15.3 Å². The molecule has 3 aromatic rings. The van der Waals surface area contributed by atoms with Crippen molar-refractivity contribution in [3.8, 4) is 0 Å². The molecule has 6 rings (SSSR count). The second-order valence-electron chi connectivity index (χ2n) is 10.0. The molecule has 4 heterocycles. The van der Waals surface area contributed by atoms with Crippen LogP contribution in [0.5, 0.6) is 0 Å². The van der Waals surface area contributed by atoms with Gasteiger partial charge in [-0.1, -0.05) is 31.0 Å². The van der Waals surface area contributed by atoms with Crippen LogP contribution in [0, 0.1) is 0 Å². The second kappa shape index (κ2) is 9.30. The van der Waals surface area contributed by atoms with Crippen LogP contribution in [-0.4, -0.2) is 57.3 Å². The van der Waals surface area contributed by atoms with Gasteiger partial charge in [-0.05, 0) is 56.5 Å². The zero-order valence-corrected chi connectivity index (χ0v) is 21.0. The van der Waals surface area contributed by atoms with E-state index in [1.54, 1.807) is 24.3 Å². The third kappa shape index (κ3) is 4.45. The van der Waals surface area contributed by atoms with Crippen LogP contribution in [0.2, 0.25) is 5.28 Å². The highest BCUT2D eigenvalue weighted by molar-refractivity contribution is 6.28. The van der Waals surface area contributed by atoms with Crippen LogP contribution >= 0.6 is 11.6 Å². The molecule has 0 unspecified atom stereocenters. The average molecular weight is 513 g/mol. The fourth-order valence-electron chi connectivity index (χ4n) is 5.42. The molecule has 2 aromatic heterocycles. The number of carbonyl (C=O) groups excluding carboxylic acids is 1. The summed E-state index contributed by atoms with van der Waals surface area (Å²) in [5, 5.41) is 4.57. The first-order chi connectivity index (χ1) is 17.4. The van der Waals surface area contributed by atoms with E-state index < -0.39 is 36.3 Å². The average Bonchev–Trinajstić information content (AvgIpc) is 3.63. The monoisotopic (exact) mass is 512 g/mol. The predicted molar refractivity (Wildman–Crippen MR) is 133 cm³/mol. The molecule has 3 aliphatic rings. The highest BCUT2D eigenvalue weighted by Crippen LogP contribution is 2.44. The molecule has 0 amide bonds. The van der Waals surface area contributed by atoms with E-state index >= 15 is 0 Å². The van der Waals surface area contributed by atoms with E-state index in [0.29, 0.717) is 17.3 Å². The van der Waals surface area contributed by atoms with Gasteiger partial charge in [0.15, 0.2) is 12.0 Å². The van der Waals surface area contributed by atoms with Gasteiger partial charge < -0.3 is 28.8 Å². The summed E-state index contributed by atoms with van der Waals surface area (Å²) >= 11 is 6.34. The zero-order valence-electron chi connectivity index (χ0n) is 20.2. The summed E-state index contributed by atoms with van der Waals surface area (Å²) in [6.07, 6.45) is 4.66. The molecule has 4 atom stereocenters. The minimum absolute atomic E-state index is 0.0360. The van der Waals surface area contributed by atoms with Crippen molar-refractivity contribution in [2.24, 2.45) is 0 Å². The zero-order chi connectivity index (χ0) is 24.9. The van der Waals surface area contributed by atoms with E-state index in [0.717, 1.165) is 24.0 Å². The Labute approximate surface area is 214 Å². The number of ether oxygens (including phenoxy) is 4. The molecule has 3 fully saturated rings. The lowest BCUT2D eigenvalue weighted by atomic mass is 10.1. The first kappa shape index (κ1) is 23.7. The number of hydrogen-bond acceptors (Lipinski definition) is 8. The Hall–Kier alpha value is -2.72. The third-order valence-electron chi connectivity index (χ3n) is 7.03. The fraction of sp³-hybridized carbons (Fsp3) is 0.500. The van der Waals surface area contributed by atoms with Crippen LogP contribution in [0.4, 0.5) is 5.82 Å². The predicted octanol–water partition coefficient (Wildman–Crippen LogP) is 4.71. The van der Waals surface area contributed by atoms with E-state index in [4.69, 9.17) is 30.5 Å². The van der Waals surface area contributed by atoms with Crippen molar-refractivity contribution >= 4 is 34.4 Å². The Bertz CT molecular complexity index is 1260. The van der Waals surface area contributed by atoms with Crippen molar-refractivity contribution < 1.29 is 23.7 Å². The molecule has 9 nitrogen and oxygen atoms in total. The number of benzene rings is 1. The molecule has 2 aliphatic heterocycles. The highest BCUT2D eigenvalue weighted by atomic mass is 35.5. The number of nitrogens with one attached hydrogen (secondary N) is 1. The molecule has 1 N–H and O–H groups in total. The van der Waals surface area contributed by atoms with Crippen LogP contribution in [0.25, 0.3) is 11.0 Å². The van der Waals surface area contributed by atoms with E-state index in [1.165, 1.54) is 12.8 Å². The van der Waals surface area contributed by atoms with Crippen LogP contribution in [0.1, 0.15) is 56.1 Å². The lowest BCUT2D eigenvalue weighted by molar-refractivity contribution is -0.199. The summed E-state index contributed by atoms with van der Waals surface area (Å²) in [6, 6.07) is 11.2. The molecule has 1 saturated carbocycles. The van der Waals surface area contributed by atoms with Gasteiger partial charge in [-0.3, -0.25) is 0 Å². The maximum atomic E-state index is 12.5. The first-order valence-corrected chi connectivity index (χ1v) is 12.8. The Morgan fingerprint density at radius 2 is 1.89 bits per heavy atom. The van der Waals surface area contributed by atoms with E-state index in [-0.39, 0.29) is 11.9 Å². The molecule has 1 aliphatic carbocycles. The molecule has 36 heavy (non-hydrogen) atoms. The van der Waals surface area contributed by atoms with Gasteiger partial charge in [0.1, 0.15) is 36.4 Å². The smallest absolute Gasteiger partial charge is 0.338 e. The van der Waals surface area contributed by atoms with Gasteiger partial charge >= 0.3 is 5.97 Å². The Morgan fingerprint density at radius 1 is 1.14 bits per heavy atom. The molecular formula is C26H29ClN4O5. The van der Waals surface area contributed by atoms with Crippen molar-refractivity contribution in [2.75, 3.05) is 11.9 Å². The van der Waals surface area contributed by atoms with Crippen LogP contribution in [0.15, 0.2) is 42.6 Å². The van der Waals surface area contributed by atoms with Gasteiger partial charge in [-0.25, -0.2) is 9.78 Å². The molecule has 10 heteroatoms. The summed E-state index contributed by atoms with van der Waals surface area (Å²) in [5.41, 5.74) is 1.13. The van der Waals surface area contributed by atoms with E-state index in [1.807, 2.05) is 36.7 Å². The van der Waals surface area contributed by atoms with E-state index in [9.17, 15) is 4.79 Å². The quantitative estimate of drug-likeness (QED) is 0.374. The lowest BCUT2D eigenvalue weighted by Crippen LogP contribution is -2.33. The van der Waals surface area contributed by atoms with Gasteiger partial charge in [0.2, 0.25) is 5.28 Å². The minimum Gasteiger partial charge on any atom is -0.459 e. The summed E-state index contributed by atoms with van der Waals surface area (Å²) in [5.74, 6) is -0.488. The van der Waals surface area contributed by atoms with Gasteiger partial charge in [-0.2, -0.15) is 4.98 Å². The van der Waals surface area contributed by atoms with Gasteiger partial charge in [0.25, 0.3) is 0 Å². The highest BCUT2D eigenvalue weighted by Gasteiger charge is 2.56. The van der Waals surface area contributed by atoms with Crippen molar-refractivity contribution in [3.63, 3.8) is 0 Å². The van der Waals surface area contributed by atoms with Gasteiger partial charge in [-0.15, -0.1) is 0 Å². The summed E-state index contributed by atoms with van der Waals surface area (Å²) in [7, 11) is 0. The maximum Gasteiger partial charge on any atom is 0.338 e. The van der Waals surface area contributed by atoms with Crippen LogP contribution < -0.4 is 5.32 Å².